The van der Waals surface area contributed by atoms with Crippen LogP contribution in [0, 0.1) is 0 Å². The maximum absolute atomic E-state index is 13.0. The van der Waals surface area contributed by atoms with Gasteiger partial charge in [-0.05, 0) is 12.8 Å². The van der Waals surface area contributed by atoms with Crippen molar-refractivity contribution in [3.8, 4) is 0 Å². The first kappa shape index (κ1) is 61.1. The molecule has 392 valence electrons. The Kier molecular flexibility index (Phi) is 37.7. The average Bonchev–Trinajstić information content (AvgIpc) is 3.31. The molecule has 2 aliphatic rings. The quantitative estimate of drug-likeness (QED) is 0.0226. The van der Waals surface area contributed by atoms with Crippen LogP contribution in [-0.2, 0) is 33.2 Å². The first-order valence-electron chi connectivity index (χ1n) is 27.1. The number of carbonyl (C=O) groups is 1. The summed E-state index contributed by atoms with van der Waals surface area (Å²) in [6.07, 6.45) is 24.6. The lowest BCUT2D eigenvalue weighted by molar-refractivity contribution is -0.332. The highest BCUT2D eigenvalue weighted by atomic mass is 16.7. The second-order valence-corrected chi connectivity index (χ2v) is 19.4. The zero-order chi connectivity index (χ0) is 48.0. The maximum atomic E-state index is 13.0. The fraction of sp³-hybridized carbons (Fsp3) is 0.981. The molecule has 0 aromatic carbocycles. The van der Waals surface area contributed by atoms with Gasteiger partial charge in [0.2, 0.25) is 0 Å². The minimum absolute atomic E-state index is 0.0699. The minimum atomic E-state index is -1.70. The maximum Gasteiger partial charge on any atom is 0.306 e. The highest BCUT2D eigenvalue weighted by Gasteiger charge is 2.47. The molecule has 2 fully saturated rings. The monoisotopic (exact) mass is 949 g/mol. The van der Waals surface area contributed by atoms with Gasteiger partial charge in [0.05, 0.1) is 26.4 Å². The van der Waals surface area contributed by atoms with Crippen LogP contribution in [0.2, 0.25) is 0 Å². The molecule has 2 aliphatic heterocycles. The smallest absolute Gasteiger partial charge is 0.306 e. The average molecular weight is 949 g/mol. The molecule has 14 heteroatoms. The van der Waals surface area contributed by atoms with E-state index in [1.54, 1.807) is 0 Å². The van der Waals surface area contributed by atoms with Crippen LogP contribution < -0.4 is 0 Å². The van der Waals surface area contributed by atoms with Crippen molar-refractivity contribution in [2.75, 3.05) is 33.0 Å². The highest BCUT2D eigenvalue weighted by molar-refractivity contribution is 5.69. The van der Waals surface area contributed by atoms with E-state index in [0.29, 0.717) is 6.61 Å². The van der Waals surface area contributed by atoms with Gasteiger partial charge in [-0.3, -0.25) is 4.79 Å². The van der Waals surface area contributed by atoms with Gasteiger partial charge >= 0.3 is 5.97 Å². The van der Waals surface area contributed by atoms with Crippen LogP contribution in [0.4, 0.5) is 0 Å². The Labute approximate surface area is 400 Å². The molecule has 0 spiro atoms. The van der Waals surface area contributed by atoms with Gasteiger partial charge in [-0.2, -0.15) is 0 Å². The fourth-order valence-electron chi connectivity index (χ4n) is 8.93. The highest BCUT2D eigenvalue weighted by Crippen LogP contribution is 2.27. The van der Waals surface area contributed by atoms with E-state index < -0.39 is 80.7 Å². The van der Waals surface area contributed by atoms with E-state index in [2.05, 4.69) is 13.8 Å². The Morgan fingerprint density at radius 2 is 0.803 bits per heavy atom. The minimum Gasteiger partial charge on any atom is -0.457 e. The van der Waals surface area contributed by atoms with Gasteiger partial charge in [0, 0.05) is 13.0 Å². The normalized spacial score (nSPS) is 26.2. The zero-order valence-corrected chi connectivity index (χ0v) is 41.7. The molecule has 2 rings (SSSR count). The molecular weight excluding hydrogens is 849 g/mol. The molecule has 0 saturated carbocycles. The summed E-state index contributed by atoms with van der Waals surface area (Å²) in [6, 6.07) is 0. The molecule has 0 amide bonds. The molecule has 11 unspecified atom stereocenters. The number of aliphatic hydroxyl groups excluding tert-OH is 7. The van der Waals surface area contributed by atoms with Crippen molar-refractivity contribution >= 4 is 5.97 Å². The lowest BCUT2D eigenvalue weighted by Gasteiger charge is -2.42. The second kappa shape index (κ2) is 40.7. The van der Waals surface area contributed by atoms with Crippen LogP contribution in [0.1, 0.15) is 226 Å². The summed E-state index contributed by atoms with van der Waals surface area (Å²) in [7, 11) is 0. The third-order valence-electron chi connectivity index (χ3n) is 13.4. The molecule has 0 aromatic rings. The van der Waals surface area contributed by atoms with Gasteiger partial charge in [-0.25, -0.2) is 0 Å². The van der Waals surface area contributed by atoms with Crippen molar-refractivity contribution in [1.82, 2.24) is 0 Å². The van der Waals surface area contributed by atoms with Crippen LogP contribution in [0.3, 0.4) is 0 Å². The SMILES string of the molecule is CCCCCCCCCCCCCCCCCCCCCCCC(=O)OC(COCCCCCCCCCCCCC)COC1OC(COC2OC(CO)C(O)C(O)C2O)C(O)C(O)C1O. The molecule has 0 radical (unpaired) electrons. The Bertz CT molecular complexity index is 1100. The molecule has 14 nitrogen and oxygen atoms in total. The van der Waals surface area contributed by atoms with Crippen molar-refractivity contribution in [3.63, 3.8) is 0 Å². The number of rotatable bonds is 44. The lowest BCUT2D eigenvalue weighted by Crippen LogP contribution is -2.61. The summed E-state index contributed by atoms with van der Waals surface area (Å²) in [4.78, 5) is 13.0. The zero-order valence-electron chi connectivity index (χ0n) is 41.7. The van der Waals surface area contributed by atoms with E-state index in [9.17, 15) is 40.5 Å². The first-order chi connectivity index (χ1) is 32.1. The predicted octanol–water partition coefficient (Wildman–Crippen LogP) is 8.47. The standard InChI is InChI=1S/C52H100O14/c1-3-5-7-9-11-13-15-16-17-18-19-20-21-22-23-24-25-27-29-31-33-35-44(54)64-41(38-61-36-34-32-30-28-26-14-12-10-8-6-4-2)39-62-51-50(60)48(58)46(56)43(66-51)40-63-52-49(59)47(57)45(55)42(37-53)65-52/h41-43,45-53,55-60H,3-40H2,1-2H3. The molecule has 66 heavy (non-hydrogen) atoms. The lowest BCUT2D eigenvalue weighted by atomic mass is 9.98. The van der Waals surface area contributed by atoms with E-state index in [-0.39, 0.29) is 25.6 Å². The second-order valence-electron chi connectivity index (χ2n) is 19.4. The molecular formula is C52H100O14. The number of carbonyl (C=O) groups excluding carboxylic acids is 1. The Morgan fingerprint density at radius 1 is 0.439 bits per heavy atom. The fourth-order valence-corrected chi connectivity index (χ4v) is 8.93. The topological polar surface area (TPSA) is 214 Å². The van der Waals surface area contributed by atoms with E-state index >= 15 is 0 Å². The predicted molar refractivity (Wildman–Crippen MR) is 257 cm³/mol. The molecule has 0 aliphatic carbocycles. The summed E-state index contributed by atoms with van der Waals surface area (Å²) in [5, 5.41) is 72.1. The third-order valence-corrected chi connectivity index (χ3v) is 13.4. The van der Waals surface area contributed by atoms with Gasteiger partial charge in [-0.1, -0.05) is 206 Å². The summed E-state index contributed by atoms with van der Waals surface area (Å²) >= 11 is 0. The van der Waals surface area contributed by atoms with E-state index in [1.165, 1.54) is 161 Å². The van der Waals surface area contributed by atoms with Crippen LogP contribution in [0.5, 0.6) is 0 Å². The first-order valence-corrected chi connectivity index (χ1v) is 27.1. The molecule has 0 aromatic heterocycles. The van der Waals surface area contributed by atoms with Gasteiger partial charge < -0.3 is 64.2 Å². The van der Waals surface area contributed by atoms with Crippen LogP contribution in [0.15, 0.2) is 0 Å². The van der Waals surface area contributed by atoms with E-state index in [4.69, 9.17) is 28.4 Å². The van der Waals surface area contributed by atoms with E-state index in [1.807, 2.05) is 0 Å². The van der Waals surface area contributed by atoms with Gasteiger partial charge in [-0.15, -0.1) is 0 Å². The number of esters is 1. The number of hydrogen-bond acceptors (Lipinski definition) is 14. The molecule has 2 heterocycles. The van der Waals surface area contributed by atoms with E-state index in [0.717, 1.165) is 44.9 Å². The Hall–Kier alpha value is -1.01. The Balaban J connectivity index is 1.70. The summed E-state index contributed by atoms with van der Waals surface area (Å²) < 4.78 is 34.3. The van der Waals surface area contributed by atoms with Crippen LogP contribution in [-0.4, -0.2) is 142 Å². The largest absolute Gasteiger partial charge is 0.457 e. The van der Waals surface area contributed by atoms with Crippen molar-refractivity contribution < 1.29 is 69.0 Å². The Morgan fingerprint density at radius 3 is 1.23 bits per heavy atom. The van der Waals surface area contributed by atoms with Crippen molar-refractivity contribution in [2.24, 2.45) is 0 Å². The van der Waals surface area contributed by atoms with Gasteiger partial charge in [0.25, 0.3) is 0 Å². The summed E-state index contributed by atoms with van der Waals surface area (Å²) in [5.74, 6) is -0.369. The molecule has 0 bridgehead atoms. The van der Waals surface area contributed by atoms with Crippen LogP contribution >= 0.6 is 0 Å². The summed E-state index contributed by atoms with van der Waals surface area (Å²) in [5.41, 5.74) is 0. The van der Waals surface area contributed by atoms with Crippen molar-refractivity contribution in [1.29, 1.82) is 0 Å². The number of hydrogen-bond donors (Lipinski definition) is 7. The number of unbranched alkanes of at least 4 members (excludes halogenated alkanes) is 30. The third kappa shape index (κ3) is 28.0. The summed E-state index contributed by atoms with van der Waals surface area (Å²) in [6.45, 7) is 3.73. The number of aliphatic hydroxyl groups is 7. The van der Waals surface area contributed by atoms with Crippen molar-refractivity contribution in [2.45, 2.75) is 293 Å². The van der Waals surface area contributed by atoms with Gasteiger partial charge in [0.15, 0.2) is 12.6 Å². The van der Waals surface area contributed by atoms with Gasteiger partial charge in [0.1, 0.15) is 54.9 Å². The molecule has 11 atom stereocenters. The van der Waals surface area contributed by atoms with Crippen molar-refractivity contribution in [3.05, 3.63) is 0 Å². The number of ether oxygens (including phenoxy) is 6. The van der Waals surface area contributed by atoms with Crippen LogP contribution in [0.25, 0.3) is 0 Å². The molecule has 2 saturated heterocycles. The molecule has 7 N–H and O–H groups in total.